The lowest BCUT2D eigenvalue weighted by atomic mass is 10.4. The summed E-state index contributed by atoms with van der Waals surface area (Å²) in [5, 5.41) is 8.07. The van der Waals surface area contributed by atoms with E-state index in [9.17, 15) is 0 Å². The molecule has 0 bridgehead atoms. The van der Waals surface area contributed by atoms with E-state index in [0.29, 0.717) is 6.61 Å². The molecule has 7 heavy (non-hydrogen) atoms. The van der Waals surface area contributed by atoms with Crippen LogP contribution in [0.2, 0.25) is 0 Å². The van der Waals surface area contributed by atoms with Crippen molar-refractivity contribution in [3.63, 3.8) is 0 Å². The van der Waals surface area contributed by atoms with E-state index in [1.807, 2.05) is 0 Å². The van der Waals surface area contributed by atoms with Gasteiger partial charge >= 0.3 is 0 Å². The molecular weight excluding hydrogens is 88.1 g/mol. The zero-order chi connectivity index (χ0) is 6.12. The lowest BCUT2D eigenvalue weighted by molar-refractivity contribution is 0.287. The summed E-state index contributed by atoms with van der Waals surface area (Å²) in [5.41, 5.74) is 0. The van der Waals surface area contributed by atoms with Gasteiger partial charge < -0.3 is 5.11 Å². The highest BCUT2D eigenvalue weighted by Crippen LogP contribution is 1.78. The molecule has 0 aliphatic heterocycles. The van der Waals surface area contributed by atoms with Crippen molar-refractivity contribution in [2.45, 2.75) is 19.8 Å². The van der Waals surface area contributed by atoms with Gasteiger partial charge in [-0.15, -0.1) is 13.2 Å². The normalized spacial score (nSPS) is 6.57. The first kappa shape index (κ1) is 9.85. The van der Waals surface area contributed by atoms with Crippen molar-refractivity contribution in [1.82, 2.24) is 0 Å². The topological polar surface area (TPSA) is 20.2 Å². The molecule has 0 fully saturated rings. The Morgan fingerprint density at radius 1 is 1.43 bits per heavy atom. The van der Waals surface area contributed by atoms with Crippen molar-refractivity contribution in [3.8, 4) is 0 Å². The van der Waals surface area contributed by atoms with Gasteiger partial charge in [0.25, 0.3) is 0 Å². The lowest BCUT2D eigenvalue weighted by Gasteiger charge is -1.79. The van der Waals surface area contributed by atoms with Gasteiger partial charge in [-0.3, -0.25) is 0 Å². The van der Waals surface area contributed by atoms with Crippen molar-refractivity contribution in [1.29, 1.82) is 0 Å². The first-order valence-corrected chi connectivity index (χ1v) is 2.52. The summed E-state index contributed by atoms with van der Waals surface area (Å²) in [6.07, 6.45) is 2.04. The average Bonchev–Trinajstić information content (AvgIpc) is 1.75. The first-order valence-electron chi connectivity index (χ1n) is 2.52. The lowest BCUT2D eigenvalue weighted by Crippen LogP contribution is -1.75. The first-order chi connectivity index (χ1) is 3.41. The molecule has 0 saturated heterocycles. The van der Waals surface area contributed by atoms with Crippen molar-refractivity contribution < 1.29 is 5.11 Å². The van der Waals surface area contributed by atoms with Gasteiger partial charge in [0.05, 0.1) is 0 Å². The van der Waals surface area contributed by atoms with Gasteiger partial charge in [0.15, 0.2) is 0 Å². The van der Waals surface area contributed by atoms with Crippen LogP contribution in [0.15, 0.2) is 13.2 Å². The summed E-state index contributed by atoms with van der Waals surface area (Å²) in [5.74, 6) is 0. The SMILES string of the molecule is C=C.CCCCO. The predicted molar refractivity (Wildman–Crippen MR) is 33.2 cm³/mol. The number of aliphatic hydroxyl groups excluding tert-OH is 1. The van der Waals surface area contributed by atoms with Crippen LogP contribution in [0.1, 0.15) is 19.8 Å². The minimum atomic E-state index is 0.344. The highest BCUT2D eigenvalue weighted by molar-refractivity contribution is 4.23. The Kier molecular flexibility index (Phi) is 24.3. The number of rotatable bonds is 2. The molecule has 1 N–H and O–H groups in total. The van der Waals surface area contributed by atoms with Crippen LogP contribution < -0.4 is 0 Å². The number of aliphatic hydroxyl groups is 1. The van der Waals surface area contributed by atoms with E-state index in [2.05, 4.69) is 20.1 Å². The van der Waals surface area contributed by atoms with Crippen LogP contribution in [0.4, 0.5) is 0 Å². The molecule has 0 aliphatic carbocycles. The second-order valence-electron chi connectivity index (χ2n) is 1.08. The van der Waals surface area contributed by atoms with Crippen LogP contribution in [0.25, 0.3) is 0 Å². The summed E-state index contributed by atoms with van der Waals surface area (Å²) in [7, 11) is 0. The van der Waals surface area contributed by atoms with Crippen molar-refractivity contribution >= 4 is 0 Å². The smallest absolute Gasteiger partial charge is 0.0430 e. The van der Waals surface area contributed by atoms with Crippen molar-refractivity contribution in [2.75, 3.05) is 6.61 Å². The molecule has 0 amide bonds. The van der Waals surface area contributed by atoms with E-state index < -0.39 is 0 Å². The highest BCUT2D eigenvalue weighted by atomic mass is 16.2. The van der Waals surface area contributed by atoms with Crippen LogP contribution >= 0.6 is 0 Å². The Balaban J connectivity index is 0. The summed E-state index contributed by atoms with van der Waals surface area (Å²) >= 11 is 0. The van der Waals surface area contributed by atoms with E-state index >= 15 is 0 Å². The molecule has 0 aliphatic rings. The monoisotopic (exact) mass is 102 g/mol. The molecule has 1 nitrogen and oxygen atoms in total. The Labute approximate surface area is 45.7 Å². The van der Waals surface area contributed by atoms with Crippen molar-refractivity contribution in [2.24, 2.45) is 0 Å². The molecule has 0 rings (SSSR count). The van der Waals surface area contributed by atoms with Crippen molar-refractivity contribution in [3.05, 3.63) is 13.2 Å². The quantitative estimate of drug-likeness (QED) is 0.525. The predicted octanol–water partition coefficient (Wildman–Crippen LogP) is 1.58. The Morgan fingerprint density at radius 3 is 1.86 bits per heavy atom. The fourth-order valence-corrected chi connectivity index (χ4v) is 0.158. The van der Waals surface area contributed by atoms with E-state index in [0.717, 1.165) is 12.8 Å². The second kappa shape index (κ2) is 17.3. The Bertz CT molecular complexity index is 18.1. The number of hydrogen-bond acceptors (Lipinski definition) is 1. The molecule has 0 atom stereocenters. The average molecular weight is 102 g/mol. The zero-order valence-corrected chi connectivity index (χ0v) is 4.98. The summed E-state index contributed by atoms with van der Waals surface area (Å²) in [6.45, 7) is 8.40. The molecule has 0 unspecified atom stereocenters. The van der Waals surface area contributed by atoms with Gasteiger partial charge in [-0.05, 0) is 6.42 Å². The van der Waals surface area contributed by atoms with E-state index in [4.69, 9.17) is 5.11 Å². The van der Waals surface area contributed by atoms with E-state index in [1.54, 1.807) is 0 Å². The third-order valence-corrected chi connectivity index (χ3v) is 0.512. The second-order valence-corrected chi connectivity index (χ2v) is 1.08. The minimum absolute atomic E-state index is 0.344. The zero-order valence-electron chi connectivity index (χ0n) is 4.98. The maximum absolute atomic E-state index is 8.07. The fourth-order valence-electron chi connectivity index (χ4n) is 0.158. The molecule has 0 aromatic heterocycles. The van der Waals surface area contributed by atoms with Crippen LogP contribution in [-0.2, 0) is 0 Å². The molecule has 0 aromatic carbocycles. The van der Waals surface area contributed by atoms with Gasteiger partial charge in [-0.1, -0.05) is 13.3 Å². The minimum Gasteiger partial charge on any atom is -0.396 e. The van der Waals surface area contributed by atoms with Crippen LogP contribution in [0.3, 0.4) is 0 Å². The Hall–Kier alpha value is -0.300. The summed E-state index contributed by atoms with van der Waals surface area (Å²) in [6, 6.07) is 0. The Morgan fingerprint density at radius 2 is 1.86 bits per heavy atom. The van der Waals surface area contributed by atoms with E-state index in [-0.39, 0.29) is 0 Å². The molecule has 0 radical (unpaired) electrons. The molecule has 44 valence electrons. The maximum Gasteiger partial charge on any atom is 0.0430 e. The molecule has 0 aromatic rings. The maximum atomic E-state index is 8.07. The van der Waals surface area contributed by atoms with Gasteiger partial charge in [0.1, 0.15) is 0 Å². The third kappa shape index (κ3) is 27.0. The van der Waals surface area contributed by atoms with Crippen LogP contribution in [-0.4, -0.2) is 11.7 Å². The van der Waals surface area contributed by atoms with E-state index in [1.165, 1.54) is 0 Å². The third-order valence-electron chi connectivity index (χ3n) is 0.512. The molecule has 0 saturated carbocycles. The standard InChI is InChI=1S/C4H10O.C2H4/c1-2-3-4-5;1-2/h5H,2-4H2,1H3;1-2H2. The fraction of sp³-hybridized carbons (Fsp3) is 0.667. The molecular formula is C6H14O. The van der Waals surface area contributed by atoms with Gasteiger partial charge in [-0.25, -0.2) is 0 Å². The molecule has 0 heterocycles. The largest absolute Gasteiger partial charge is 0.396 e. The van der Waals surface area contributed by atoms with Gasteiger partial charge in [-0.2, -0.15) is 0 Å². The van der Waals surface area contributed by atoms with Gasteiger partial charge in [0, 0.05) is 6.61 Å². The van der Waals surface area contributed by atoms with Crippen LogP contribution in [0, 0.1) is 0 Å². The van der Waals surface area contributed by atoms with Crippen LogP contribution in [0.5, 0.6) is 0 Å². The number of hydrogen-bond donors (Lipinski definition) is 1. The number of unbranched alkanes of at least 4 members (excludes halogenated alkanes) is 1. The van der Waals surface area contributed by atoms with Gasteiger partial charge in [0.2, 0.25) is 0 Å². The summed E-state index contributed by atoms with van der Waals surface area (Å²) < 4.78 is 0. The summed E-state index contributed by atoms with van der Waals surface area (Å²) in [4.78, 5) is 0. The highest BCUT2D eigenvalue weighted by Gasteiger charge is 1.69. The molecule has 1 heteroatoms. The molecule has 0 spiro atoms.